The smallest absolute Gasteiger partial charge is 0.126 e. The highest BCUT2D eigenvalue weighted by molar-refractivity contribution is 7.80. The molecule has 4 heterocycles. The van der Waals surface area contributed by atoms with Crippen LogP contribution in [0.4, 0.5) is 4.39 Å². The summed E-state index contributed by atoms with van der Waals surface area (Å²) < 4.78 is 14.8. The first kappa shape index (κ1) is 21.6. The van der Waals surface area contributed by atoms with Gasteiger partial charge in [0.25, 0.3) is 0 Å². The summed E-state index contributed by atoms with van der Waals surface area (Å²) in [7, 11) is 0. The molecule has 0 aliphatic carbocycles. The molecular weight excluding hydrogens is 409 g/mol. The van der Waals surface area contributed by atoms with Gasteiger partial charge in [0.05, 0.1) is 22.9 Å². The van der Waals surface area contributed by atoms with Gasteiger partial charge in [-0.15, -0.1) is 12.6 Å². The van der Waals surface area contributed by atoms with E-state index in [1.165, 1.54) is 18.0 Å². The molecule has 0 spiro atoms. The van der Waals surface area contributed by atoms with Crippen molar-refractivity contribution in [2.24, 2.45) is 5.92 Å². The van der Waals surface area contributed by atoms with Crippen molar-refractivity contribution in [3.05, 3.63) is 66.4 Å². The molecule has 7 heteroatoms. The zero-order valence-electron chi connectivity index (χ0n) is 18.1. The van der Waals surface area contributed by atoms with Crippen LogP contribution in [0.2, 0.25) is 0 Å². The maximum Gasteiger partial charge on any atom is 0.126 e. The first-order valence-electron chi connectivity index (χ1n) is 10.5. The van der Waals surface area contributed by atoms with E-state index in [-0.39, 0.29) is 11.4 Å². The van der Waals surface area contributed by atoms with Crippen molar-refractivity contribution in [1.29, 1.82) is 0 Å². The molecule has 5 rings (SSSR count). The number of rotatable bonds is 3. The van der Waals surface area contributed by atoms with Crippen molar-refractivity contribution >= 4 is 23.7 Å². The van der Waals surface area contributed by atoms with Crippen LogP contribution in [-0.2, 0) is 6.54 Å². The minimum absolute atomic E-state index is 0.173. The molecule has 3 aromatic heterocycles. The Balaban J connectivity index is 0.000000217. The van der Waals surface area contributed by atoms with Crippen LogP contribution in [0, 0.1) is 18.7 Å². The highest BCUT2D eigenvalue weighted by atomic mass is 32.1. The molecule has 1 aliphatic heterocycles. The molecule has 0 bridgehead atoms. The van der Waals surface area contributed by atoms with Gasteiger partial charge in [-0.05, 0) is 75.1 Å². The van der Waals surface area contributed by atoms with Crippen molar-refractivity contribution in [3.63, 3.8) is 0 Å². The fraction of sp³-hybridized carbons (Fsp3) is 0.333. The van der Waals surface area contributed by atoms with Gasteiger partial charge in [-0.3, -0.25) is 5.10 Å². The van der Waals surface area contributed by atoms with E-state index in [9.17, 15) is 4.39 Å². The second-order valence-electron chi connectivity index (χ2n) is 8.82. The van der Waals surface area contributed by atoms with Gasteiger partial charge in [0.1, 0.15) is 5.82 Å². The van der Waals surface area contributed by atoms with E-state index in [1.54, 1.807) is 25.3 Å². The molecule has 0 radical (unpaired) electrons. The molecule has 1 aliphatic rings. The molecule has 1 aromatic carbocycles. The number of halogens is 1. The largest absolute Gasteiger partial charge is 0.346 e. The molecule has 31 heavy (non-hydrogen) atoms. The van der Waals surface area contributed by atoms with Gasteiger partial charge in [0, 0.05) is 41.5 Å². The molecule has 1 fully saturated rings. The van der Waals surface area contributed by atoms with Gasteiger partial charge < -0.3 is 9.88 Å². The van der Waals surface area contributed by atoms with Gasteiger partial charge in [-0.1, -0.05) is 0 Å². The van der Waals surface area contributed by atoms with Crippen molar-refractivity contribution in [1.82, 2.24) is 25.1 Å². The molecule has 2 N–H and O–H groups in total. The number of nitrogens with one attached hydrogen (secondary N) is 2. The summed E-state index contributed by atoms with van der Waals surface area (Å²) >= 11 is 4.03. The maximum absolute atomic E-state index is 12.5. The molecule has 0 amide bonds. The predicted molar refractivity (Wildman–Crippen MR) is 126 cm³/mol. The Labute approximate surface area is 187 Å². The van der Waals surface area contributed by atoms with E-state index in [4.69, 9.17) is 4.98 Å². The lowest BCUT2D eigenvalue weighted by Gasteiger charge is -2.17. The first-order valence-corrected chi connectivity index (χ1v) is 10.9. The summed E-state index contributed by atoms with van der Waals surface area (Å²) in [5, 5.41) is 10.4. The lowest BCUT2D eigenvalue weighted by Crippen LogP contribution is -2.31. The number of thiol groups is 1. The molecule has 1 atom stereocenters. The van der Waals surface area contributed by atoms with Crippen LogP contribution in [0.15, 0.2) is 59.9 Å². The fourth-order valence-corrected chi connectivity index (χ4v) is 4.38. The molecule has 0 saturated carbocycles. The van der Waals surface area contributed by atoms with E-state index in [0.717, 1.165) is 34.8 Å². The average molecular weight is 438 g/mol. The number of hydrogen-bond acceptors (Lipinski definition) is 4. The van der Waals surface area contributed by atoms with E-state index < -0.39 is 0 Å². The summed E-state index contributed by atoms with van der Waals surface area (Å²) in [5.41, 5.74) is 5.14. The molecular formula is C24H28FN5S. The van der Waals surface area contributed by atoms with Gasteiger partial charge >= 0.3 is 0 Å². The molecule has 4 aromatic rings. The van der Waals surface area contributed by atoms with Crippen LogP contribution in [0.3, 0.4) is 0 Å². The number of benzene rings is 1. The van der Waals surface area contributed by atoms with Crippen LogP contribution in [0.5, 0.6) is 0 Å². The summed E-state index contributed by atoms with van der Waals surface area (Å²) in [4.78, 5) is 5.54. The van der Waals surface area contributed by atoms with E-state index in [2.05, 4.69) is 71.0 Å². The number of aryl methyl sites for hydroxylation is 1. The molecule has 162 valence electrons. The Hall–Kier alpha value is -2.64. The topological polar surface area (TPSA) is 58.5 Å². The van der Waals surface area contributed by atoms with Crippen molar-refractivity contribution in [3.8, 4) is 11.3 Å². The zero-order chi connectivity index (χ0) is 22.0. The lowest BCUT2D eigenvalue weighted by atomic mass is 9.97. The van der Waals surface area contributed by atoms with Crippen LogP contribution in [-0.4, -0.2) is 31.8 Å². The number of aromatic amines is 1. The quantitative estimate of drug-likeness (QED) is 0.384. The minimum atomic E-state index is -0.173. The summed E-state index contributed by atoms with van der Waals surface area (Å²) in [6.45, 7) is 8.41. The van der Waals surface area contributed by atoms with Crippen molar-refractivity contribution < 1.29 is 4.39 Å². The number of pyridine rings is 1. The maximum atomic E-state index is 12.5. The Morgan fingerprint density at radius 1 is 1.23 bits per heavy atom. The number of hydrogen-bond donors (Lipinski definition) is 3. The predicted octanol–water partition coefficient (Wildman–Crippen LogP) is 5.24. The Morgan fingerprint density at radius 3 is 2.71 bits per heavy atom. The van der Waals surface area contributed by atoms with E-state index in [0.29, 0.717) is 11.5 Å². The third-order valence-electron chi connectivity index (χ3n) is 5.68. The average Bonchev–Trinajstić information content (AvgIpc) is 3.46. The second kappa shape index (κ2) is 8.85. The van der Waals surface area contributed by atoms with Crippen LogP contribution in [0.25, 0.3) is 22.3 Å². The lowest BCUT2D eigenvalue weighted by molar-refractivity contribution is 0.421. The fourth-order valence-electron chi connectivity index (χ4n) is 4.11. The normalized spacial score (nSPS) is 17.5. The van der Waals surface area contributed by atoms with Crippen molar-refractivity contribution in [2.75, 3.05) is 6.54 Å². The van der Waals surface area contributed by atoms with Crippen LogP contribution >= 0.6 is 12.6 Å². The molecule has 1 unspecified atom stereocenters. The summed E-state index contributed by atoms with van der Waals surface area (Å²) in [5.74, 6) is 0.506. The third kappa shape index (κ3) is 5.17. The van der Waals surface area contributed by atoms with E-state index in [1.807, 2.05) is 6.20 Å². The Morgan fingerprint density at radius 2 is 2.06 bits per heavy atom. The Bertz CT molecular complexity index is 1170. The van der Waals surface area contributed by atoms with E-state index >= 15 is 0 Å². The first-order chi connectivity index (χ1) is 14.8. The monoisotopic (exact) mass is 437 g/mol. The highest BCUT2D eigenvalue weighted by Crippen LogP contribution is 2.27. The number of aromatic nitrogens is 4. The second-order valence-corrected chi connectivity index (χ2v) is 9.34. The SMILES string of the molecule is CC1(C)CC(Cn2ccc3nc(-c4cn[nH]c4)ccc32)CN1.Cc1cc(S)ccc1F. The van der Waals surface area contributed by atoms with Gasteiger partial charge in [0.2, 0.25) is 0 Å². The number of H-pyrrole nitrogens is 1. The highest BCUT2D eigenvalue weighted by Gasteiger charge is 2.30. The standard InChI is InChI=1S/C17H21N5.C7H7FS/c1-17(2)7-12(8-18-17)11-22-6-5-15-16(22)4-3-14(21-15)13-9-19-20-10-13;1-5-4-6(9)2-3-7(5)8/h3-6,9-10,12,18H,7-8,11H2,1-2H3,(H,19,20);2-4,9H,1H3. The molecule has 5 nitrogen and oxygen atoms in total. The van der Waals surface area contributed by atoms with Gasteiger partial charge in [-0.2, -0.15) is 5.10 Å². The minimum Gasteiger partial charge on any atom is -0.346 e. The molecule has 1 saturated heterocycles. The third-order valence-corrected chi connectivity index (χ3v) is 5.96. The van der Waals surface area contributed by atoms with Crippen molar-refractivity contribution in [2.45, 2.75) is 44.2 Å². The van der Waals surface area contributed by atoms with Gasteiger partial charge in [-0.25, -0.2) is 9.37 Å². The summed E-state index contributed by atoms with van der Waals surface area (Å²) in [6.07, 6.45) is 7.05. The van der Waals surface area contributed by atoms with Crippen LogP contribution < -0.4 is 5.32 Å². The number of fused-ring (bicyclic) bond motifs is 1. The Kier molecular flexibility index (Phi) is 6.16. The number of nitrogens with zero attached hydrogens (tertiary/aromatic N) is 3. The zero-order valence-corrected chi connectivity index (χ0v) is 19.0. The van der Waals surface area contributed by atoms with Gasteiger partial charge in [0.15, 0.2) is 0 Å². The summed E-state index contributed by atoms with van der Waals surface area (Å²) in [6, 6.07) is 11.1. The van der Waals surface area contributed by atoms with Crippen LogP contribution in [0.1, 0.15) is 25.8 Å².